The van der Waals surface area contributed by atoms with Gasteiger partial charge in [-0.3, -0.25) is 4.90 Å². The first-order valence-electron chi connectivity index (χ1n) is 5.80. The summed E-state index contributed by atoms with van der Waals surface area (Å²) in [5.74, 6) is 0.535. The monoisotopic (exact) mass is 233 g/mol. The smallest absolute Gasteiger partial charge is 0.129 e. The number of rotatable bonds is 2. The van der Waals surface area contributed by atoms with Crippen molar-refractivity contribution in [2.75, 3.05) is 26.3 Å². The van der Waals surface area contributed by atoms with Gasteiger partial charge in [0.1, 0.15) is 5.41 Å². The highest BCUT2D eigenvalue weighted by atomic mass is 31.0. The summed E-state index contributed by atoms with van der Waals surface area (Å²) in [6.45, 7) is 7.65. The Kier molecular flexibility index (Phi) is 3.35. The Hall–Kier alpha value is 0.280. The van der Waals surface area contributed by atoms with E-state index in [2.05, 4.69) is 28.0 Å². The van der Waals surface area contributed by atoms with Gasteiger partial charge < -0.3 is 4.74 Å². The Bertz CT molecular complexity index is 231. The van der Waals surface area contributed by atoms with Gasteiger partial charge >= 0.3 is 0 Å². The Balaban J connectivity index is 1.99. The van der Waals surface area contributed by atoms with Crippen molar-refractivity contribution in [2.45, 2.75) is 31.7 Å². The van der Waals surface area contributed by atoms with E-state index < -0.39 is 5.41 Å². The Morgan fingerprint density at radius 3 is 2.60 bits per heavy atom. The summed E-state index contributed by atoms with van der Waals surface area (Å²) >= 11 is 0. The van der Waals surface area contributed by atoms with Crippen molar-refractivity contribution in [1.29, 1.82) is 0 Å². The van der Waals surface area contributed by atoms with E-state index >= 15 is 0 Å². The zero-order valence-electron chi connectivity index (χ0n) is 9.58. The van der Waals surface area contributed by atoms with Gasteiger partial charge in [-0.15, -0.1) is 0 Å². The van der Waals surface area contributed by atoms with Gasteiger partial charge in [-0.05, 0) is 12.3 Å². The van der Waals surface area contributed by atoms with Crippen LogP contribution in [0.2, 0.25) is 0 Å². The van der Waals surface area contributed by atoms with E-state index in [-0.39, 0.29) is 5.92 Å². The summed E-state index contributed by atoms with van der Waals surface area (Å²) in [6, 6.07) is 0.548. The third kappa shape index (κ3) is 2.35. The highest BCUT2D eigenvalue weighted by Crippen LogP contribution is 2.42. The molecule has 3 atom stereocenters. The molecule has 0 aromatic carbocycles. The summed E-state index contributed by atoms with van der Waals surface area (Å²) in [4.78, 5) is 2.40. The van der Waals surface area contributed by atoms with E-state index in [4.69, 9.17) is 4.74 Å². The van der Waals surface area contributed by atoms with E-state index in [0.717, 1.165) is 26.3 Å². The molecular weight excluding hydrogens is 212 g/mol. The number of nitrogens with zero attached hydrogens (tertiary/aromatic N) is 1. The minimum atomic E-state index is -1.06. The molecule has 0 aromatic heterocycles. The summed E-state index contributed by atoms with van der Waals surface area (Å²) < 4.78 is 19.4. The lowest BCUT2D eigenvalue weighted by molar-refractivity contribution is -0.0930. The highest BCUT2D eigenvalue weighted by Gasteiger charge is 2.43. The number of hydrogen-bond acceptors (Lipinski definition) is 2. The zero-order chi connectivity index (χ0) is 11.1. The lowest BCUT2D eigenvalue weighted by atomic mass is 9.85. The van der Waals surface area contributed by atoms with Gasteiger partial charge in [0.2, 0.25) is 0 Å². The molecule has 4 heteroatoms. The van der Waals surface area contributed by atoms with Crippen molar-refractivity contribution in [1.82, 2.24) is 4.90 Å². The molecule has 0 N–H and O–H groups in total. The van der Waals surface area contributed by atoms with Crippen LogP contribution in [0.3, 0.4) is 0 Å². The molecule has 0 aromatic rings. The van der Waals surface area contributed by atoms with E-state index in [9.17, 15) is 4.39 Å². The molecule has 88 valence electrons. The fraction of sp³-hybridized carbons (Fsp3) is 1.00. The average Bonchev–Trinajstić information content (AvgIpc) is 2.04. The normalized spacial score (nSPS) is 39.4. The zero-order valence-corrected chi connectivity index (χ0v) is 10.7. The number of likely N-dealkylation sites (tertiary alicyclic amines) is 1. The standard InChI is InChI=1S/C11H21FNOP/c1-8(2)10-5-13(9-6-14-7-9)4-3-11(10,12)15/h8-10H,3-7,15H2,1-2H3. The summed E-state index contributed by atoms with van der Waals surface area (Å²) in [5.41, 5.74) is 0. The van der Waals surface area contributed by atoms with Crippen LogP contribution in [-0.2, 0) is 4.74 Å². The second kappa shape index (κ2) is 4.27. The fourth-order valence-electron chi connectivity index (χ4n) is 2.53. The van der Waals surface area contributed by atoms with Gasteiger partial charge in [0, 0.05) is 19.0 Å². The third-order valence-electron chi connectivity index (χ3n) is 3.77. The van der Waals surface area contributed by atoms with Crippen LogP contribution < -0.4 is 0 Å². The number of ether oxygens (including phenoxy) is 1. The van der Waals surface area contributed by atoms with Crippen LogP contribution in [0.25, 0.3) is 0 Å². The molecule has 2 saturated heterocycles. The molecule has 15 heavy (non-hydrogen) atoms. The van der Waals surface area contributed by atoms with Crippen LogP contribution in [0.1, 0.15) is 20.3 Å². The van der Waals surface area contributed by atoms with Gasteiger partial charge in [0.05, 0.1) is 19.3 Å². The molecule has 2 fully saturated rings. The quantitative estimate of drug-likeness (QED) is 0.675. The number of piperidine rings is 1. The predicted molar refractivity (Wildman–Crippen MR) is 62.7 cm³/mol. The molecule has 2 aliphatic heterocycles. The summed E-state index contributed by atoms with van der Waals surface area (Å²) in [5, 5.41) is -1.06. The van der Waals surface area contributed by atoms with Crippen LogP contribution in [-0.4, -0.2) is 42.7 Å². The Morgan fingerprint density at radius 2 is 2.13 bits per heavy atom. The number of hydrogen-bond donors (Lipinski definition) is 0. The van der Waals surface area contributed by atoms with E-state index in [1.54, 1.807) is 0 Å². The molecule has 0 amide bonds. The van der Waals surface area contributed by atoms with Crippen LogP contribution in [0, 0.1) is 11.8 Å². The second-order valence-corrected chi connectivity index (χ2v) is 6.17. The van der Waals surface area contributed by atoms with Gasteiger partial charge in [0.15, 0.2) is 0 Å². The molecule has 0 radical (unpaired) electrons. The van der Waals surface area contributed by atoms with Crippen LogP contribution in [0.4, 0.5) is 4.39 Å². The van der Waals surface area contributed by atoms with Crippen molar-refractivity contribution in [3.8, 4) is 0 Å². The van der Waals surface area contributed by atoms with Crippen molar-refractivity contribution in [3.05, 3.63) is 0 Å². The molecule has 0 saturated carbocycles. The molecular formula is C11H21FNOP. The lowest BCUT2D eigenvalue weighted by Gasteiger charge is -2.47. The van der Waals surface area contributed by atoms with Crippen molar-refractivity contribution < 1.29 is 9.13 Å². The third-order valence-corrected chi connectivity index (χ3v) is 4.49. The van der Waals surface area contributed by atoms with Crippen molar-refractivity contribution >= 4 is 9.24 Å². The topological polar surface area (TPSA) is 12.5 Å². The van der Waals surface area contributed by atoms with Crippen molar-refractivity contribution in [3.63, 3.8) is 0 Å². The fourth-order valence-corrected chi connectivity index (χ4v) is 3.15. The maximum Gasteiger partial charge on any atom is 0.129 e. The maximum atomic E-state index is 14.3. The molecule has 2 heterocycles. The minimum absolute atomic E-state index is 0.136. The van der Waals surface area contributed by atoms with Crippen molar-refractivity contribution in [2.24, 2.45) is 11.8 Å². The molecule has 0 spiro atoms. The summed E-state index contributed by atoms with van der Waals surface area (Å²) in [7, 11) is 2.43. The largest absolute Gasteiger partial charge is 0.378 e. The SMILES string of the molecule is CC(C)C1CN(C2COC2)CCC1(F)P. The van der Waals surface area contributed by atoms with Gasteiger partial charge in [0.25, 0.3) is 0 Å². The first kappa shape index (κ1) is 11.8. The van der Waals surface area contributed by atoms with E-state index in [1.165, 1.54) is 0 Å². The Morgan fingerprint density at radius 1 is 1.47 bits per heavy atom. The lowest BCUT2D eigenvalue weighted by Crippen LogP contribution is -2.57. The molecule has 2 aliphatic rings. The first-order chi connectivity index (χ1) is 7.00. The number of alkyl halides is 1. The molecule has 3 unspecified atom stereocenters. The highest BCUT2D eigenvalue weighted by molar-refractivity contribution is 7.18. The predicted octanol–water partition coefficient (Wildman–Crippen LogP) is 1.90. The molecule has 2 nitrogen and oxygen atoms in total. The van der Waals surface area contributed by atoms with Crippen LogP contribution in [0.15, 0.2) is 0 Å². The van der Waals surface area contributed by atoms with Gasteiger partial charge in [-0.2, -0.15) is 0 Å². The number of halogens is 1. The van der Waals surface area contributed by atoms with Gasteiger partial charge in [-0.25, -0.2) is 4.39 Å². The second-order valence-electron chi connectivity index (χ2n) is 5.21. The Labute approximate surface area is 93.7 Å². The summed E-state index contributed by atoms with van der Waals surface area (Å²) in [6.07, 6.45) is 0.636. The molecule has 0 aliphatic carbocycles. The minimum Gasteiger partial charge on any atom is -0.378 e. The van der Waals surface area contributed by atoms with Gasteiger partial charge in [-0.1, -0.05) is 23.1 Å². The van der Waals surface area contributed by atoms with Crippen LogP contribution in [0.5, 0.6) is 0 Å². The molecule has 0 bridgehead atoms. The first-order valence-corrected chi connectivity index (χ1v) is 6.38. The molecule has 2 rings (SSSR count). The van der Waals surface area contributed by atoms with E-state index in [1.807, 2.05) is 0 Å². The van der Waals surface area contributed by atoms with E-state index in [0.29, 0.717) is 18.4 Å². The average molecular weight is 233 g/mol. The maximum absolute atomic E-state index is 14.3. The van der Waals surface area contributed by atoms with Crippen LogP contribution >= 0.6 is 9.24 Å².